The summed E-state index contributed by atoms with van der Waals surface area (Å²) in [7, 11) is 0. The summed E-state index contributed by atoms with van der Waals surface area (Å²) in [6.07, 6.45) is 3.76. The van der Waals surface area contributed by atoms with Crippen molar-refractivity contribution < 1.29 is 9.90 Å². The number of aryl methyl sites for hydroxylation is 1. The van der Waals surface area contributed by atoms with Crippen LogP contribution < -0.4 is 10.6 Å². The molecule has 0 spiro atoms. The number of piperidine rings is 1. The number of aromatic carboxylic acids is 1. The van der Waals surface area contributed by atoms with E-state index in [2.05, 4.69) is 10.6 Å². The van der Waals surface area contributed by atoms with Gasteiger partial charge in [-0.25, -0.2) is 4.79 Å². The van der Waals surface area contributed by atoms with Crippen molar-refractivity contribution in [3.05, 3.63) is 29.3 Å². The summed E-state index contributed by atoms with van der Waals surface area (Å²) >= 11 is 0. The number of anilines is 1. The van der Waals surface area contributed by atoms with Gasteiger partial charge in [-0.15, -0.1) is 0 Å². The Balaban J connectivity index is 1.94. The molecule has 1 aliphatic rings. The molecule has 1 aromatic rings. The Morgan fingerprint density at radius 1 is 1.50 bits per heavy atom. The normalized spacial score (nSPS) is 19.5. The molecule has 1 atom stereocenters. The minimum atomic E-state index is -0.876. The number of carboxylic acids is 1. The third-order valence-electron chi connectivity index (χ3n) is 3.42. The molecule has 4 heteroatoms. The van der Waals surface area contributed by atoms with Gasteiger partial charge in [-0.1, -0.05) is 6.42 Å². The number of rotatable bonds is 4. The molecule has 18 heavy (non-hydrogen) atoms. The van der Waals surface area contributed by atoms with Crippen LogP contribution in [0, 0.1) is 6.92 Å². The number of hydrogen-bond acceptors (Lipinski definition) is 3. The van der Waals surface area contributed by atoms with Gasteiger partial charge in [0.25, 0.3) is 0 Å². The molecule has 0 bridgehead atoms. The summed E-state index contributed by atoms with van der Waals surface area (Å²) in [5.41, 5.74) is 2.34. The van der Waals surface area contributed by atoms with Gasteiger partial charge >= 0.3 is 5.97 Å². The van der Waals surface area contributed by atoms with Crippen LogP contribution in [0.4, 0.5) is 5.69 Å². The Bertz CT molecular complexity index is 426. The molecule has 0 radical (unpaired) electrons. The summed E-state index contributed by atoms with van der Waals surface area (Å²) in [5.74, 6) is -0.876. The van der Waals surface area contributed by atoms with Crippen molar-refractivity contribution in [2.75, 3.05) is 18.4 Å². The molecule has 1 aromatic carbocycles. The Labute approximate surface area is 107 Å². The van der Waals surface area contributed by atoms with E-state index in [1.165, 1.54) is 19.3 Å². The summed E-state index contributed by atoms with van der Waals surface area (Å²) in [5, 5.41) is 15.8. The van der Waals surface area contributed by atoms with Crippen LogP contribution in [-0.2, 0) is 0 Å². The molecule has 0 amide bonds. The molecule has 0 saturated carbocycles. The molecule has 0 aromatic heterocycles. The topological polar surface area (TPSA) is 61.4 Å². The van der Waals surface area contributed by atoms with Crippen molar-refractivity contribution in [3.63, 3.8) is 0 Å². The van der Waals surface area contributed by atoms with E-state index < -0.39 is 5.97 Å². The SMILES string of the molecule is Cc1cc(C(=O)O)ccc1NCC1CCCCN1. The van der Waals surface area contributed by atoms with Crippen LogP contribution in [0.3, 0.4) is 0 Å². The van der Waals surface area contributed by atoms with E-state index >= 15 is 0 Å². The van der Waals surface area contributed by atoms with Gasteiger partial charge in [-0.05, 0) is 50.1 Å². The number of benzene rings is 1. The molecule has 98 valence electrons. The van der Waals surface area contributed by atoms with E-state index in [1.807, 2.05) is 13.0 Å². The predicted molar refractivity (Wildman–Crippen MR) is 72.3 cm³/mol. The standard InChI is InChI=1S/C14H20N2O2/c1-10-8-11(14(17)18)5-6-13(10)16-9-12-4-2-3-7-15-12/h5-6,8,12,15-16H,2-4,7,9H2,1H3,(H,17,18). The molecule has 1 heterocycles. The third-order valence-corrected chi connectivity index (χ3v) is 3.42. The van der Waals surface area contributed by atoms with E-state index in [0.29, 0.717) is 11.6 Å². The van der Waals surface area contributed by atoms with Crippen LogP contribution in [0.2, 0.25) is 0 Å². The molecule has 2 rings (SSSR count). The van der Waals surface area contributed by atoms with Crippen molar-refractivity contribution in [1.29, 1.82) is 0 Å². The fourth-order valence-corrected chi connectivity index (χ4v) is 2.33. The lowest BCUT2D eigenvalue weighted by Gasteiger charge is -2.24. The van der Waals surface area contributed by atoms with Crippen molar-refractivity contribution in [2.45, 2.75) is 32.2 Å². The first-order valence-corrected chi connectivity index (χ1v) is 6.48. The molecule has 0 aliphatic carbocycles. The average molecular weight is 248 g/mol. The second kappa shape index (κ2) is 5.87. The molecule has 1 fully saturated rings. The first-order valence-electron chi connectivity index (χ1n) is 6.48. The second-order valence-corrected chi connectivity index (χ2v) is 4.86. The highest BCUT2D eigenvalue weighted by molar-refractivity contribution is 5.88. The maximum Gasteiger partial charge on any atom is 0.335 e. The third kappa shape index (κ3) is 3.23. The summed E-state index contributed by atoms with van der Waals surface area (Å²) in [4.78, 5) is 10.8. The molecular formula is C14H20N2O2. The largest absolute Gasteiger partial charge is 0.478 e. The molecular weight excluding hydrogens is 228 g/mol. The fraction of sp³-hybridized carbons (Fsp3) is 0.500. The van der Waals surface area contributed by atoms with Crippen LogP contribution in [0.1, 0.15) is 35.2 Å². The second-order valence-electron chi connectivity index (χ2n) is 4.86. The van der Waals surface area contributed by atoms with E-state index in [0.717, 1.165) is 24.3 Å². The lowest BCUT2D eigenvalue weighted by molar-refractivity contribution is 0.0697. The molecule has 3 N–H and O–H groups in total. The van der Waals surface area contributed by atoms with Gasteiger partial charge < -0.3 is 15.7 Å². The maximum atomic E-state index is 10.8. The average Bonchev–Trinajstić information content (AvgIpc) is 2.38. The zero-order valence-electron chi connectivity index (χ0n) is 10.7. The van der Waals surface area contributed by atoms with Crippen molar-refractivity contribution >= 4 is 11.7 Å². The van der Waals surface area contributed by atoms with Gasteiger partial charge in [0, 0.05) is 18.3 Å². The van der Waals surface area contributed by atoms with E-state index in [-0.39, 0.29) is 0 Å². The molecule has 1 saturated heterocycles. The van der Waals surface area contributed by atoms with Crippen molar-refractivity contribution in [1.82, 2.24) is 5.32 Å². The Morgan fingerprint density at radius 2 is 2.33 bits per heavy atom. The van der Waals surface area contributed by atoms with Gasteiger partial charge in [-0.3, -0.25) is 0 Å². The van der Waals surface area contributed by atoms with Crippen LogP contribution >= 0.6 is 0 Å². The summed E-state index contributed by atoms with van der Waals surface area (Å²) in [6.45, 7) is 3.93. The smallest absolute Gasteiger partial charge is 0.335 e. The Hall–Kier alpha value is -1.55. The predicted octanol–water partition coefficient (Wildman–Crippen LogP) is 2.25. The van der Waals surface area contributed by atoms with Crippen LogP contribution in [-0.4, -0.2) is 30.2 Å². The van der Waals surface area contributed by atoms with Crippen LogP contribution in [0.25, 0.3) is 0 Å². The van der Waals surface area contributed by atoms with Gasteiger partial charge in [0.15, 0.2) is 0 Å². The van der Waals surface area contributed by atoms with Crippen LogP contribution in [0.15, 0.2) is 18.2 Å². The number of nitrogens with one attached hydrogen (secondary N) is 2. The van der Waals surface area contributed by atoms with Gasteiger partial charge in [0.05, 0.1) is 5.56 Å². The van der Waals surface area contributed by atoms with E-state index in [9.17, 15) is 4.79 Å². The summed E-state index contributed by atoms with van der Waals surface area (Å²) in [6, 6.07) is 5.73. The van der Waals surface area contributed by atoms with Gasteiger partial charge in [0.2, 0.25) is 0 Å². The molecule has 1 unspecified atom stereocenters. The highest BCUT2D eigenvalue weighted by Gasteiger charge is 2.12. The first-order chi connectivity index (χ1) is 8.66. The molecule has 1 aliphatic heterocycles. The zero-order chi connectivity index (χ0) is 13.0. The fourth-order valence-electron chi connectivity index (χ4n) is 2.33. The van der Waals surface area contributed by atoms with Crippen LogP contribution in [0.5, 0.6) is 0 Å². The maximum absolute atomic E-state index is 10.8. The minimum absolute atomic E-state index is 0.342. The zero-order valence-corrected chi connectivity index (χ0v) is 10.7. The van der Waals surface area contributed by atoms with Crippen molar-refractivity contribution in [3.8, 4) is 0 Å². The molecule has 4 nitrogen and oxygen atoms in total. The monoisotopic (exact) mass is 248 g/mol. The lowest BCUT2D eigenvalue weighted by atomic mass is 10.0. The van der Waals surface area contributed by atoms with Gasteiger partial charge in [0.1, 0.15) is 0 Å². The van der Waals surface area contributed by atoms with E-state index in [1.54, 1.807) is 12.1 Å². The van der Waals surface area contributed by atoms with Crippen molar-refractivity contribution in [2.24, 2.45) is 0 Å². The minimum Gasteiger partial charge on any atom is -0.478 e. The Morgan fingerprint density at radius 3 is 2.94 bits per heavy atom. The highest BCUT2D eigenvalue weighted by atomic mass is 16.4. The quantitative estimate of drug-likeness (QED) is 0.765. The van der Waals surface area contributed by atoms with Gasteiger partial charge in [-0.2, -0.15) is 0 Å². The Kier molecular flexibility index (Phi) is 4.20. The number of carboxylic acid groups (broad SMARTS) is 1. The summed E-state index contributed by atoms with van der Waals surface area (Å²) < 4.78 is 0. The highest BCUT2D eigenvalue weighted by Crippen LogP contribution is 2.17. The lowest BCUT2D eigenvalue weighted by Crippen LogP contribution is -2.39. The first kappa shape index (κ1) is 12.9. The number of carbonyl (C=O) groups is 1. The number of hydrogen-bond donors (Lipinski definition) is 3. The van der Waals surface area contributed by atoms with E-state index in [4.69, 9.17) is 5.11 Å².